The van der Waals surface area contributed by atoms with Crippen molar-refractivity contribution < 1.29 is 4.79 Å². The highest BCUT2D eigenvalue weighted by molar-refractivity contribution is 6.06. The minimum absolute atomic E-state index is 0.0892. The standard InChI is InChI=1S/C23H24N4O/c1-15(2)17-8-10-19(11-9-17)25-23-24-16(3)14-20(26-23)22(28)27-13-12-18-6-4-5-7-21(18)27/h4-11,14-15H,12-13H2,1-3H3,(H,24,25,26). The topological polar surface area (TPSA) is 58.1 Å². The van der Waals surface area contributed by atoms with Crippen molar-refractivity contribution in [1.82, 2.24) is 9.97 Å². The largest absolute Gasteiger partial charge is 0.324 e. The van der Waals surface area contributed by atoms with Gasteiger partial charge in [0.05, 0.1) is 0 Å². The summed E-state index contributed by atoms with van der Waals surface area (Å²) in [6, 6.07) is 18.0. The Morgan fingerprint density at radius 1 is 1.07 bits per heavy atom. The molecule has 0 spiro atoms. The Kier molecular flexibility index (Phi) is 4.82. The number of aryl methyl sites for hydroxylation is 1. The van der Waals surface area contributed by atoms with Crippen LogP contribution in [0.4, 0.5) is 17.3 Å². The van der Waals surface area contributed by atoms with Gasteiger partial charge in [-0.25, -0.2) is 9.97 Å². The van der Waals surface area contributed by atoms with E-state index in [1.165, 1.54) is 11.1 Å². The van der Waals surface area contributed by atoms with Crippen molar-refractivity contribution in [2.75, 3.05) is 16.8 Å². The lowest BCUT2D eigenvalue weighted by molar-refractivity contribution is 0.0984. The predicted octanol–water partition coefficient (Wildman–Crippen LogP) is 4.85. The van der Waals surface area contributed by atoms with Gasteiger partial charge in [-0.3, -0.25) is 4.79 Å². The van der Waals surface area contributed by atoms with Crippen LogP contribution in [0.3, 0.4) is 0 Å². The lowest BCUT2D eigenvalue weighted by atomic mass is 10.0. The highest BCUT2D eigenvalue weighted by Crippen LogP contribution is 2.29. The van der Waals surface area contributed by atoms with E-state index in [2.05, 4.69) is 47.3 Å². The Balaban J connectivity index is 1.58. The molecule has 0 unspecified atom stereocenters. The van der Waals surface area contributed by atoms with Crippen molar-refractivity contribution in [2.24, 2.45) is 0 Å². The summed E-state index contributed by atoms with van der Waals surface area (Å²) in [4.78, 5) is 23.8. The van der Waals surface area contributed by atoms with Crippen LogP contribution in [-0.2, 0) is 6.42 Å². The van der Waals surface area contributed by atoms with E-state index in [0.717, 1.165) is 23.5 Å². The fourth-order valence-corrected chi connectivity index (χ4v) is 3.50. The summed E-state index contributed by atoms with van der Waals surface area (Å²) in [6.45, 7) is 6.89. The summed E-state index contributed by atoms with van der Waals surface area (Å²) in [5.41, 5.74) is 5.52. The number of amides is 1. The smallest absolute Gasteiger partial charge is 0.277 e. The number of nitrogens with zero attached hydrogens (tertiary/aromatic N) is 3. The van der Waals surface area contributed by atoms with Gasteiger partial charge in [0.1, 0.15) is 5.69 Å². The number of carbonyl (C=O) groups excluding carboxylic acids is 1. The van der Waals surface area contributed by atoms with E-state index in [1.807, 2.05) is 37.3 Å². The van der Waals surface area contributed by atoms with Gasteiger partial charge in [0.15, 0.2) is 0 Å². The van der Waals surface area contributed by atoms with Crippen LogP contribution in [-0.4, -0.2) is 22.4 Å². The Labute approximate surface area is 165 Å². The van der Waals surface area contributed by atoms with E-state index in [-0.39, 0.29) is 5.91 Å². The second-order valence-electron chi connectivity index (χ2n) is 7.46. The van der Waals surface area contributed by atoms with E-state index in [0.29, 0.717) is 24.1 Å². The Hall–Kier alpha value is -3.21. The molecular formula is C23H24N4O. The van der Waals surface area contributed by atoms with Crippen LogP contribution in [0.2, 0.25) is 0 Å². The number of nitrogens with one attached hydrogen (secondary N) is 1. The SMILES string of the molecule is Cc1cc(C(=O)N2CCc3ccccc32)nc(Nc2ccc(C(C)C)cc2)n1. The van der Waals surface area contributed by atoms with E-state index in [9.17, 15) is 4.79 Å². The Morgan fingerprint density at radius 2 is 1.82 bits per heavy atom. The van der Waals surface area contributed by atoms with Gasteiger partial charge in [0.2, 0.25) is 5.95 Å². The number of hydrogen-bond donors (Lipinski definition) is 1. The summed E-state index contributed by atoms with van der Waals surface area (Å²) in [5.74, 6) is 0.832. The predicted molar refractivity (Wildman–Crippen MR) is 112 cm³/mol. The van der Waals surface area contributed by atoms with Gasteiger partial charge in [0, 0.05) is 23.6 Å². The molecule has 0 atom stereocenters. The highest BCUT2D eigenvalue weighted by atomic mass is 16.2. The molecule has 0 bridgehead atoms. The molecule has 0 fully saturated rings. The second kappa shape index (κ2) is 7.43. The molecule has 28 heavy (non-hydrogen) atoms. The number of para-hydroxylation sites is 1. The van der Waals surface area contributed by atoms with Gasteiger partial charge in [-0.15, -0.1) is 0 Å². The third kappa shape index (κ3) is 3.60. The van der Waals surface area contributed by atoms with E-state index in [4.69, 9.17) is 0 Å². The van der Waals surface area contributed by atoms with Crippen LogP contribution in [0.5, 0.6) is 0 Å². The van der Waals surface area contributed by atoms with Crippen LogP contribution in [0.15, 0.2) is 54.6 Å². The van der Waals surface area contributed by atoms with Crippen molar-refractivity contribution >= 4 is 23.2 Å². The zero-order chi connectivity index (χ0) is 19.7. The Bertz CT molecular complexity index is 1010. The molecule has 5 nitrogen and oxygen atoms in total. The molecule has 142 valence electrons. The maximum atomic E-state index is 13.1. The van der Waals surface area contributed by atoms with Crippen LogP contribution in [0.25, 0.3) is 0 Å². The lowest BCUT2D eigenvalue weighted by Crippen LogP contribution is -2.30. The molecule has 0 saturated carbocycles. The molecule has 4 rings (SSSR count). The minimum atomic E-state index is -0.0892. The fraction of sp³-hybridized carbons (Fsp3) is 0.261. The molecule has 1 aliphatic heterocycles. The molecule has 0 aliphatic carbocycles. The zero-order valence-corrected chi connectivity index (χ0v) is 16.4. The minimum Gasteiger partial charge on any atom is -0.324 e. The summed E-state index contributed by atoms with van der Waals surface area (Å²) in [7, 11) is 0. The molecule has 1 aromatic heterocycles. The molecule has 0 saturated heterocycles. The third-order valence-electron chi connectivity index (χ3n) is 5.04. The molecule has 2 aromatic carbocycles. The molecule has 1 N–H and O–H groups in total. The molecule has 1 aliphatic rings. The molecule has 2 heterocycles. The van der Waals surface area contributed by atoms with Gasteiger partial charge in [-0.1, -0.05) is 44.2 Å². The Morgan fingerprint density at radius 3 is 2.57 bits per heavy atom. The summed E-state index contributed by atoms with van der Waals surface area (Å²) in [5, 5.41) is 3.22. The average Bonchev–Trinajstić information content (AvgIpc) is 3.11. The highest BCUT2D eigenvalue weighted by Gasteiger charge is 2.26. The molecule has 0 radical (unpaired) electrons. The van der Waals surface area contributed by atoms with Crippen molar-refractivity contribution in [1.29, 1.82) is 0 Å². The van der Waals surface area contributed by atoms with Crippen LogP contribution in [0.1, 0.15) is 47.1 Å². The molecule has 1 amide bonds. The van der Waals surface area contributed by atoms with Gasteiger partial charge in [-0.2, -0.15) is 0 Å². The van der Waals surface area contributed by atoms with Gasteiger partial charge in [-0.05, 0) is 54.7 Å². The van der Waals surface area contributed by atoms with E-state index >= 15 is 0 Å². The first kappa shape index (κ1) is 18.2. The van der Waals surface area contributed by atoms with Crippen LogP contribution < -0.4 is 10.2 Å². The van der Waals surface area contributed by atoms with Gasteiger partial charge in [0.25, 0.3) is 5.91 Å². The number of benzene rings is 2. The maximum Gasteiger partial charge on any atom is 0.277 e. The fourth-order valence-electron chi connectivity index (χ4n) is 3.50. The number of rotatable bonds is 4. The van der Waals surface area contributed by atoms with Crippen molar-refractivity contribution in [3.05, 3.63) is 77.1 Å². The number of carbonyl (C=O) groups is 1. The first-order valence-corrected chi connectivity index (χ1v) is 9.63. The van der Waals surface area contributed by atoms with Crippen LogP contribution in [0, 0.1) is 6.92 Å². The molecule has 5 heteroatoms. The first-order chi connectivity index (χ1) is 13.5. The number of hydrogen-bond acceptors (Lipinski definition) is 4. The summed E-state index contributed by atoms with van der Waals surface area (Å²) in [6.07, 6.45) is 0.874. The van der Waals surface area contributed by atoms with E-state index < -0.39 is 0 Å². The normalized spacial score (nSPS) is 12.9. The first-order valence-electron chi connectivity index (χ1n) is 9.63. The monoisotopic (exact) mass is 372 g/mol. The second-order valence-corrected chi connectivity index (χ2v) is 7.46. The van der Waals surface area contributed by atoms with Gasteiger partial charge < -0.3 is 10.2 Å². The molecule has 3 aromatic rings. The quantitative estimate of drug-likeness (QED) is 0.711. The lowest BCUT2D eigenvalue weighted by Gasteiger charge is -2.17. The third-order valence-corrected chi connectivity index (χ3v) is 5.04. The maximum absolute atomic E-state index is 13.1. The summed E-state index contributed by atoms with van der Waals surface area (Å²) < 4.78 is 0. The number of fused-ring (bicyclic) bond motifs is 1. The van der Waals surface area contributed by atoms with Crippen molar-refractivity contribution in [3.8, 4) is 0 Å². The number of anilines is 3. The zero-order valence-electron chi connectivity index (χ0n) is 16.4. The number of aromatic nitrogens is 2. The van der Waals surface area contributed by atoms with Crippen molar-refractivity contribution in [2.45, 2.75) is 33.1 Å². The van der Waals surface area contributed by atoms with Crippen LogP contribution >= 0.6 is 0 Å². The van der Waals surface area contributed by atoms with Crippen molar-refractivity contribution in [3.63, 3.8) is 0 Å². The average molecular weight is 372 g/mol. The van der Waals surface area contributed by atoms with Gasteiger partial charge >= 0.3 is 0 Å². The summed E-state index contributed by atoms with van der Waals surface area (Å²) >= 11 is 0. The molecular weight excluding hydrogens is 348 g/mol. The van der Waals surface area contributed by atoms with E-state index in [1.54, 1.807) is 11.0 Å².